The largest absolute Gasteiger partial charge is 0.301 e. The van der Waals surface area contributed by atoms with Crippen molar-refractivity contribution >= 4 is 29.1 Å². The van der Waals surface area contributed by atoms with Crippen LogP contribution in [0.4, 0.5) is 5.69 Å². The fourth-order valence-corrected chi connectivity index (χ4v) is 1.70. The van der Waals surface area contributed by atoms with Crippen molar-refractivity contribution in [1.29, 1.82) is 0 Å². The number of anilines is 1. The number of hydrogen-bond acceptors (Lipinski definition) is 3. The maximum Gasteiger partial charge on any atom is 0.257 e. The number of rotatable bonds is 1. The first-order chi connectivity index (χ1) is 7.58. The molecule has 1 saturated heterocycles. The van der Waals surface area contributed by atoms with Crippen molar-refractivity contribution in [2.24, 2.45) is 5.84 Å². The number of nitrogens with zero attached hydrogens (tertiary/aromatic N) is 2. The molecule has 2 rings (SSSR count). The maximum atomic E-state index is 11.7. The van der Waals surface area contributed by atoms with Gasteiger partial charge in [0.05, 0.1) is 0 Å². The van der Waals surface area contributed by atoms with Crippen LogP contribution in [0.2, 0.25) is 5.02 Å². The van der Waals surface area contributed by atoms with Crippen molar-refractivity contribution in [2.45, 2.75) is 0 Å². The highest BCUT2D eigenvalue weighted by molar-refractivity contribution is 6.31. The van der Waals surface area contributed by atoms with E-state index in [9.17, 15) is 9.59 Å². The lowest BCUT2D eigenvalue weighted by molar-refractivity contribution is -0.138. The predicted octanol–water partition coefficient (Wildman–Crippen LogP) is 0.389. The van der Waals surface area contributed by atoms with Crippen LogP contribution in [0.5, 0.6) is 0 Å². The van der Waals surface area contributed by atoms with Gasteiger partial charge in [0.2, 0.25) is 5.91 Å². The number of nitrogens with two attached hydrogens (primary N) is 1. The molecule has 5 nitrogen and oxygen atoms in total. The van der Waals surface area contributed by atoms with E-state index in [2.05, 4.69) is 0 Å². The average Bonchev–Trinajstić information content (AvgIpc) is 2.23. The van der Waals surface area contributed by atoms with E-state index in [4.69, 9.17) is 17.4 Å². The fourth-order valence-electron chi connectivity index (χ4n) is 1.51. The number of benzene rings is 1. The molecular formula is C10H10ClN3O2. The van der Waals surface area contributed by atoms with Crippen molar-refractivity contribution in [1.82, 2.24) is 5.01 Å². The Balaban J connectivity index is 2.27. The molecule has 1 fully saturated rings. The first-order valence-electron chi connectivity index (χ1n) is 4.69. The lowest BCUT2D eigenvalue weighted by Gasteiger charge is -2.31. The molecule has 0 bridgehead atoms. The second-order valence-electron chi connectivity index (χ2n) is 3.48. The third-order valence-electron chi connectivity index (χ3n) is 2.34. The third-order valence-corrected chi connectivity index (χ3v) is 2.58. The summed E-state index contributed by atoms with van der Waals surface area (Å²) < 4.78 is 0. The maximum absolute atomic E-state index is 11.7. The second kappa shape index (κ2) is 4.11. The summed E-state index contributed by atoms with van der Waals surface area (Å²) in [4.78, 5) is 24.4. The summed E-state index contributed by atoms with van der Waals surface area (Å²) in [5.74, 6) is 4.84. The number of piperazine rings is 1. The Labute approximate surface area is 97.3 Å². The smallest absolute Gasteiger partial charge is 0.257 e. The van der Waals surface area contributed by atoms with Crippen LogP contribution in [-0.4, -0.2) is 29.9 Å². The summed E-state index contributed by atoms with van der Waals surface area (Å²) in [5.41, 5.74) is 0.610. The van der Waals surface area contributed by atoms with E-state index in [1.165, 1.54) is 4.90 Å². The van der Waals surface area contributed by atoms with Gasteiger partial charge in [-0.15, -0.1) is 0 Å². The van der Waals surface area contributed by atoms with Gasteiger partial charge >= 0.3 is 0 Å². The molecule has 0 atom stereocenters. The Kier molecular flexibility index (Phi) is 2.80. The standard InChI is InChI=1S/C10H10ClN3O2/c11-7-2-1-3-8(4-7)13-5-10(16)14(12)6-9(13)15/h1-4H,5-6,12H2. The van der Waals surface area contributed by atoms with Crippen molar-refractivity contribution in [3.63, 3.8) is 0 Å². The number of halogens is 1. The van der Waals surface area contributed by atoms with Crippen LogP contribution >= 0.6 is 11.6 Å². The number of amides is 2. The lowest BCUT2D eigenvalue weighted by atomic mass is 10.2. The van der Waals surface area contributed by atoms with Gasteiger partial charge in [-0.2, -0.15) is 0 Å². The van der Waals surface area contributed by atoms with E-state index in [1.807, 2.05) is 0 Å². The van der Waals surface area contributed by atoms with Gasteiger partial charge in [0.15, 0.2) is 0 Å². The molecule has 84 valence electrons. The summed E-state index contributed by atoms with van der Waals surface area (Å²) in [5, 5.41) is 1.44. The van der Waals surface area contributed by atoms with E-state index in [0.29, 0.717) is 10.7 Å². The van der Waals surface area contributed by atoms with E-state index >= 15 is 0 Å². The summed E-state index contributed by atoms with van der Waals surface area (Å²) in [7, 11) is 0. The van der Waals surface area contributed by atoms with E-state index in [0.717, 1.165) is 5.01 Å². The zero-order valence-electron chi connectivity index (χ0n) is 8.39. The van der Waals surface area contributed by atoms with Gasteiger partial charge < -0.3 is 4.90 Å². The van der Waals surface area contributed by atoms with E-state index in [-0.39, 0.29) is 24.9 Å². The lowest BCUT2D eigenvalue weighted by Crippen LogP contribution is -2.56. The number of carbonyl (C=O) groups excluding carboxylic acids is 2. The van der Waals surface area contributed by atoms with Crippen molar-refractivity contribution < 1.29 is 9.59 Å². The molecule has 2 N–H and O–H groups in total. The molecule has 0 spiro atoms. The first kappa shape index (κ1) is 10.9. The molecule has 0 saturated carbocycles. The van der Waals surface area contributed by atoms with Crippen LogP contribution in [-0.2, 0) is 9.59 Å². The molecule has 0 aliphatic carbocycles. The van der Waals surface area contributed by atoms with Gasteiger partial charge in [-0.3, -0.25) is 14.6 Å². The van der Waals surface area contributed by atoms with Gasteiger partial charge in [0.25, 0.3) is 5.91 Å². The van der Waals surface area contributed by atoms with Gasteiger partial charge in [0.1, 0.15) is 13.1 Å². The Morgan fingerprint density at radius 2 is 1.94 bits per heavy atom. The topological polar surface area (TPSA) is 66.6 Å². The highest BCUT2D eigenvalue weighted by Gasteiger charge is 2.29. The van der Waals surface area contributed by atoms with Crippen LogP contribution < -0.4 is 10.7 Å². The van der Waals surface area contributed by atoms with E-state index in [1.54, 1.807) is 24.3 Å². The minimum absolute atomic E-state index is 0.0460. The summed E-state index contributed by atoms with van der Waals surface area (Å²) >= 11 is 5.82. The van der Waals surface area contributed by atoms with Crippen molar-refractivity contribution in [3.8, 4) is 0 Å². The summed E-state index contributed by atoms with van der Waals surface area (Å²) in [6.45, 7) is -0.152. The minimum Gasteiger partial charge on any atom is -0.301 e. The highest BCUT2D eigenvalue weighted by atomic mass is 35.5. The van der Waals surface area contributed by atoms with Crippen molar-refractivity contribution in [2.75, 3.05) is 18.0 Å². The molecule has 2 amide bonds. The summed E-state index contributed by atoms with van der Waals surface area (Å²) in [6, 6.07) is 6.79. The Morgan fingerprint density at radius 3 is 2.62 bits per heavy atom. The second-order valence-corrected chi connectivity index (χ2v) is 3.92. The van der Waals surface area contributed by atoms with Gasteiger partial charge in [-0.05, 0) is 18.2 Å². The SMILES string of the molecule is NN1CC(=O)N(c2cccc(Cl)c2)CC1=O. The van der Waals surface area contributed by atoms with Crippen LogP contribution in [0, 0.1) is 0 Å². The zero-order chi connectivity index (χ0) is 11.7. The Morgan fingerprint density at radius 1 is 1.19 bits per heavy atom. The molecule has 1 aliphatic rings. The van der Waals surface area contributed by atoms with Gasteiger partial charge in [-0.1, -0.05) is 17.7 Å². The number of carbonyl (C=O) groups is 2. The molecular weight excluding hydrogens is 230 g/mol. The molecule has 1 aromatic rings. The quantitative estimate of drug-likeness (QED) is 0.570. The number of hydrazine groups is 1. The first-order valence-corrected chi connectivity index (χ1v) is 5.07. The average molecular weight is 240 g/mol. The molecule has 0 unspecified atom stereocenters. The molecule has 1 aliphatic heterocycles. The van der Waals surface area contributed by atoms with Crippen LogP contribution in [0.25, 0.3) is 0 Å². The monoisotopic (exact) mass is 239 g/mol. The highest BCUT2D eigenvalue weighted by Crippen LogP contribution is 2.21. The van der Waals surface area contributed by atoms with E-state index < -0.39 is 0 Å². The van der Waals surface area contributed by atoms with Gasteiger partial charge in [-0.25, -0.2) is 5.84 Å². The normalized spacial score (nSPS) is 16.9. The number of hydrogen-bond donors (Lipinski definition) is 1. The zero-order valence-corrected chi connectivity index (χ0v) is 9.15. The molecule has 0 aromatic heterocycles. The Bertz CT molecular complexity index is 449. The Hall–Kier alpha value is -1.59. The minimum atomic E-state index is -0.292. The molecule has 1 aromatic carbocycles. The molecule has 1 heterocycles. The molecule has 16 heavy (non-hydrogen) atoms. The third kappa shape index (κ3) is 2.00. The fraction of sp³-hybridized carbons (Fsp3) is 0.200. The summed E-state index contributed by atoms with van der Waals surface area (Å²) in [6.07, 6.45) is 0. The van der Waals surface area contributed by atoms with Crippen LogP contribution in [0.3, 0.4) is 0 Å². The predicted molar refractivity (Wildman–Crippen MR) is 59.7 cm³/mol. The molecule has 6 heteroatoms. The van der Waals surface area contributed by atoms with Crippen LogP contribution in [0.1, 0.15) is 0 Å². The molecule has 0 radical (unpaired) electrons. The van der Waals surface area contributed by atoms with Crippen molar-refractivity contribution in [3.05, 3.63) is 29.3 Å². The van der Waals surface area contributed by atoms with Crippen LogP contribution in [0.15, 0.2) is 24.3 Å². The van der Waals surface area contributed by atoms with Gasteiger partial charge in [0, 0.05) is 10.7 Å².